The lowest BCUT2D eigenvalue weighted by atomic mass is 10.0. The van der Waals surface area contributed by atoms with E-state index in [0.717, 1.165) is 25.1 Å². The Balaban J connectivity index is 1.85. The highest BCUT2D eigenvalue weighted by Crippen LogP contribution is 2.28. The van der Waals surface area contributed by atoms with Gasteiger partial charge in [0.2, 0.25) is 5.91 Å². The van der Waals surface area contributed by atoms with Gasteiger partial charge in [0.1, 0.15) is 0 Å². The average molecular weight is 289 g/mol. The van der Waals surface area contributed by atoms with Crippen LogP contribution in [0.4, 0.5) is 5.69 Å². The van der Waals surface area contributed by atoms with Crippen molar-refractivity contribution in [1.82, 2.24) is 4.90 Å². The molecule has 1 aromatic rings. The number of hydrogen-bond donors (Lipinski definition) is 2. The van der Waals surface area contributed by atoms with Crippen molar-refractivity contribution in [2.24, 2.45) is 11.7 Å². The average Bonchev–Trinajstić information content (AvgIpc) is 2.96. The minimum atomic E-state index is 0.0458. The van der Waals surface area contributed by atoms with Gasteiger partial charge in [0.05, 0.1) is 6.54 Å². The summed E-state index contributed by atoms with van der Waals surface area (Å²) in [6.45, 7) is 3.27. The number of hydrogen-bond acceptors (Lipinski definition) is 3. The van der Waals surface area contributed by atoms with Crippen LogP contribution in [0.15, 0.2) is 24.3 Å². The second kappa shape index (κ2) is 7.57. The minimum absolute atomic E-state index is 0.0458. The number of aryl methyl sites for hydroxylation is 1. The molecule has 2 unspecified atom stereocenters. The summed E-state index contributed by atoms with van der Waals surface area (Å²) in [5.41, 5.74) is 7.96. The molecular formula is C17H27N3O. The van der Waals surface area contributed by atoms with Crippen molar-refractivity contribution in [3.63, 3.8) is 0 Å². The summed E-state index contributed by atoms with van der Waals surface area (Å²) in [4.78, 5) is 14.3. The molecule has 0 bridgehead atoms. The van der Waals surface area contributed by atoms with Gasteiger partial charge < -0.3 is 11.1 Å². The van der Waals surface area contributed by atoms with Gasteiger partial charge in [-0.3, -0.25) is 9.69 Å². The van der Waals surface area contributed by atoms with Crippen LogP contribution >= 0.6 is 0 Å². The zero-order valence-electron chi connectivity index (χ0n) is 13.1. The molecule has 21 heavy (non-hydrogen) atoms. The highest BCUT2D eigenvalue weighted by molar-refractivity contribution is 5.92. The van der Waals surface area contributed by atoms with Gasteiger partial charge in [-0.05, 0) is 56.5 Å². The molecule has 0 aromatic heterocycles. The van der Waals surface area contributed by atoms with E-state index in [2.05, 4.69) is 29.3 Å². The maximum Gasteiger partial charge on any atom is 0.238 e. The summed E-state index contributed by atoms with van der Waals surface area (Å²) >= 11 is 0. The van der Waals surface area contributed by atoms with Crippen molar-refractivity contribution in [3.8, 4) is 0 Å². The summed E-state index contributed by atoms with van der Waals surface area (Å²) in [5.74, 6) is 0.580. The molecule has 1 saturated carbocycles. The van der Waals surface area contributed by atoms with Crippen molar-refractivity contribution in [2.45, 2.75) is 38.6 Å². The molecule has 116 valence electrons. The van der Waals surface area contributed by atoms with E-state index >= 15 is 0 Å². The number of anilines is 1. The highest BCUT2D eigenvalue weighted by atomic mass is 16.2. The molecule has 2 atom stereocenters. The third kappa shape index (κ3) is 4.29. The molecular weight excluding hydrogens is 262 g/mol. The lowest BCUT2D eigenvalue weighted by molar-refractivity contribution is -0.117. The summed E-state index contributed by atoms with van der Waals surface area (Å²) in [6, 6.07) is 8.49. The van der Waals surface area contributed by atoms with E-state index in [1.165, 1.54) is 18.4 Å². The Kier molecular flexibility index (Phi) is 5.76. The van der Waals surface area contributed by atoms with E-state index in [9.17, 15) is 4.79 Å². The SMILES string of the molecule is CCc1ccc(NC(=O)CN(C)C2CCCC2CN)cc1. The lowest BCUT2D eigenvalue weighted by Gasteiger charge is -2.28. The molecule has 0 heterocycles. The molecule has 1 aromatic carbocycles. The fraction of sp³-hybridized carbons (Fsp3) is 0.588. The van der Waals surface area contributed by atoms with Crippen molar-refractivity contribution >= 4 is 11.6 Å². The Morgan fingerprint density at radius 2 is 2.05 bits per heavy atom. The maximum atomic E-state index is 12.1. The van der Waals surface area contributed by atoms with Crippen LogP contribution in [0.2, 0.25) is 0 Å². The molecule has 1 aliphatic carbocycles. The van der Waals surface area contributed by atoms with E-state index in [1.54, 1.807) is 0 Å². The smallest absolute Gasteiger partial charge is 0.238 e. The fourth-order valence-electron chi connectivity index (χ4n) is 3.24. The predicted octanol–water partition coefficient (Wildman–Crippen LogP) is 2.25. The molecule has 0 spiro atoms. The van der Waals surface area contributed by atoms with Gasteiger partial charge in [0, 0.05) is 11.7 Å². The third-order valence-electron chi connectivity index (χ3n) is 4.53. The predicted molar refractivity (Wildman–Crippen MR) is 87.3 cm³/mol. The topological polar surface area (TPSA) is 58.4 Å². The first-order chi connectivity index (χ1) is 10.1. The van der Waals surface area contributed by atoms with Gasteiger partial charge in [-0.1, -0.05) is 25.5 Å². The number of carbonyl (C=O) groups excluding carboxylic acids is 1. The minimum Gasteiger partial charge on any atom is -0.330 e. The maximum absolute atomic E-state index is 12.1. The number of nitrogens with zero attached hydrogens (tertiary/aromatic N) is 1. The molecule has 0 aliphatic heterocycles. The zero-order chi connectivity index (χ0) is 15.2. The molecule has 4 heteroatoms. The van der Waals surface area contributed by atoms with Gasteiger partial charge in [0.15, 0.2) is 0 Å². The Morgan fingerprint density at radius 1 is 1.33 bits per heavy atom. The first-order valence-corrected chi connectivity index (χ1v) is 7.93. The van der Waals surface area contributed by atoms with Crippen LogP contribution in [0.25, 0.3) is 0 Å². The van der Waals surface area contributed by atoms with Crippen molar-refractivity contribution in [1.29, 1.82) is 0 Å². The van der Waals surface area contributed by atoms with E-state index in [-0.39, 0.29) is 5.91 Å². The number of nitrogens with two attached hydrogens (primary N) is 1. The van der Waals surface area contributed by atoms with E-state index in [1.807, 2.05) is 19.2 Å². The number of benzene rings is 1. The number of carbonyl (C=O) groups is 1. The van der Waals surface area contributed by atoms with Crippen molar-refractivity contribution in [3.05, 3.63) is 29.8 Å². The van der Waals surface area contributed by atoms with Crippen LogP contribution in [-0.2, 0) is 11.2 Å². The van der Waals surface area contributed by atoms with E-state index < -0.39 is 0 Å². The third-order valence-corrected chi connectivity index (χ3v) is 4.53. The van der Waals surface area contributed by atoms with Gasteiger partial charge >= 0.3 is 0 Å². The number of nitrogens with one attached hydrogen (secondary N) is 1. The number of likely N-dealkylation sites (N-methyl/N-ethyl adjacent to an activating group) is 1. The standard InChI is InChI=1S/C17H27N3O/c1-3-13-7-9-15(10-8-13)19-17(21)12-20(2)16-6-4-5-14(16)11-18/h7-10,14,16H,3-6,11-12,18H2,1-2H3,(H,19,21). The normalized spacial score (nSPS) is 21.7. The zero-order valence-corrected chi connectivity index (χ0v) is 13.1. The molecule has 1 amide bonds. The fourth-order valence-corrected chi connectivity index (χ4v) is 3.24. The van der Waals surface area contributed by atoms with E-state index in [0.29, 0.717) is 18.5 Å². The molecule has 1 aliphatic rings. The van der Waals surface area contributed by atoms with E-state index in [4.69, 9.17) is 5.73 Å². The molecule has 2 rings (SSSR count). The monoisotopic (exact) mass is 289 g/mol. The Labute approximate surface area is 127 Å². The summed E-state index contributed by atoms with van der Waals surface area (Å²) in [7, 11) is 2.03. The molecule has 0 radical (unpaired) electrons. The Bertz CT molecular complexity index is 458. The summed E-state index contributed by atoms with van der Waals surface area (Å²) < 4.78 is 0. The highest BCUT2D eigenvalue weighted by Gasteiger charge is 2.29. The lowest BCUT2D eigenvalue weighted by Crippen LogP contribution is -2.41. The first kappa shape index (κ1) is 16.0. The first-order valence-electron chi connectivity index (χ1n) is 7.93. The Hall–Kier alpha value is -1.39. The van der Waals surface area contributed by atoms with Gasteiger partial charge in [0.25, 0.3) is 0 Å². The van der Waals surface area contributed by atoms with Crippen molar-refractivity contribution in [2.75, 3.05) is 25.5 Å². The Morgan fingerprint density at radius 3 is 2.67 bits per heavy atom. The van der Waals surface area contributed by atoms with Crippen LogP contribution in [0.1, 0.15) is 31.7 Å². The van der Waals surface area contributed by atoms with Crippen LogP contribution in [0.5, 0.6) is 0 Å². The van der Waals surface area contributed by atoms with Crippen LogP contribution in [0, 0.1) is 5.92 Å². The largest absolute Gasteiger partial charge is 0.330 e. The molecule has 1 fully saturated rings. The molecule has 0 saturated heterocycles. The van der Waals surface area contributed by atoms with Gasteiger partial charge in [-0.25, -0.2) is 0 Å². The number of amides is 1. The molecule has 3 N–H and O–H groups in total. The quantitative estimate of drug-likeness (QED) is 0.844. The van der Waals surface area contributed by atoms with Gasteiger partial charge in [-0.15, -0.1) is 0 Å². The van der Waals surface area contributed by atoms with Crippen LogP contribution in [-0.4, -0.2) is 37.0 Å². The summed E-state index contributed by atoms with van der Waals surface area (Å²) in [6.07, 6.45) is 4.57. The molecule has 4 nitrogen and oxygen atoms in total. The van der Waals surface area contributed by atoms with Gasteiger partial charge in [-0.2, -0.15) is 0 Å². The second-order valence-electron chi connectivity index (χ2n) is 6.01. The summed E-state index contributed by atoms with van der Waals surface area (Å²) in [5, 5.41) is 2.97. The van der Waals surface area contributed by atoms with Crippen molar-refractivity contribution < 1.29 is 4.79 Å². The van der Waals surface area contributed by atoms with Crippen LogP contribution in [0.3, 0.4) is 0 Å². The second-order valence-corrected chi connectivity index (χ2v) is 6.01. The number of rotatable bonds is 6. The van der Waals surface area contributed by atoms with Crippen LogP contribution < -0.4 is 11.1 Å².